The van der Waals surface area contributed by atoms with Crippen LogP contribution in [0.1, 0.15) is 26.3 Å². The average molecular weight is 328 g/mol. The molecule has 1 N–H and O–H groups in total. The molecule has 0 amide bonds. The highest BCUT2D eigenvalue weighted by atomic mass is 32.2. The van der Waals surface area contributed by atoms with Crippen LogP contribution < -0.4 is 4.72 Å². The van der Waals surface area contributed by atoms with Crippen molar-refractivity contribution in [1.82, 2.24) is 4.72 Å². The van der Waals surface area contributed by atoms with Crippen LogP contribution >= 0.6 is 0 Å². The summed E-state index contributed by atoms with van der Waals surface area (Å²) in [4.78, 5) is 0.238. The Kier molecular flexibility index (Phi) is 5.08. The Morgan fingerprint density at radius 3 is 2.00 bits per heavy atom. The summed E-state index contributed by atoms with van der Waals surface area (Å²) in [5.41, 5.74) is 0.286. The minimum Gasteiger partial charge on any atom is -0.544 e. The van der Waals surface area contributed by atoms with Crippen LogP contribution in [0.4, 0.5) is 0 Å². The quantitative estimate of drug-likeness (QED) is 0.664. The standard InChI is InChI=1S/C15H25NO3SSi/c1-12(19-21(5,6)7)13-8-10-14(11-9-13)20(17,18)16-15(2,3)4/h8-11,16H,1H2,2-7H3. The van der Waals surface area contributed by atoms with Crippen molar-refractivity contribution in [3.8, 4) is 0 Å². The van der Waals surface area contributed by atoms with Crippen molar-refractivity contribution in [1.29, 1.82) is 0 Å². The van der Waals surface area contributed by atoms with Crippen molar-refractivity contribution in [3.05, 3.63) is 36.4 Å². The van der Waals surface area contributed by atoms with E-state index in [-0.39, 0.29) is 4.90 Å². The minimum absolute atomic E-state index is 0.238. The maximum Gasteiger partial charge on any atom is 0.242 e. The Hall–Kier alpha value is -1.11. The Labute approximate surface area is 129 Å². The van der Waals surface area contributed by atoms with Gasteiger partial charge < -0.3 is 4.43 Å². The lowest BCUT2D eigenvalue weighted by Gasteiger charge is -2.22. The van der Waals surface area contributed by atoms with Crippen molar-refractivity contribution >= 4 is 24.1 Å². The molecule has 0 spiro atoms. The van der Waals surface area contributed by atoms with Gasteiger partial charge in [0.05, 0.1) is 4.90 Å². The highest BCUT2D eigenvalue weighted by Gasteiger charge is 2.22. The van der Waals surface area contributed by atoms with E-state index in [0.717, 1.165) is 5.56 Å². The summed E-state index contributed by atoms with van der Waals surface area (Å²) in [5.74, 6) is 0.585. The summed E-state index contributed by atoms with van der Waals surface area (Å²) in [6, 6.07) is 6.59. The van der Waals surface area contributed by atoms with Gasteiger partial charge in [-0.15, -0.1) is 0 Å². The molecule has 4 nitrogen and oxygen atoms in total. The van der Waals surface area contributed by atoms with Crippen LogP contribution in [-0.4, -0.2) is 22.3 Å². The lowest BCUT2D eigenvalue weighted by atomic mass is 10.1. The Morgan fingerprint density at radius 2 is 1.62 bits per heavy atom. The molecular formula is C15H25NO3SSi. The molecule has 0 heterocycles. The number of nitrogens with one attached hydrogen (secondary N) is 1. The molecule has 0 atom stereocenters. The van der Waals surface area contributed by atoms with Crippen molar-refractivity contribution in [2.45, 2.75) is 50.8 Å². The van der Waals surface area contributed by atoms with E-state index < -0.39 is 23.9 Å². The van der Waals surface area contributed by atoms with E-state index in [4.69, 9.17) is 4.43 Å². The molecule has 0 saturated heterocycles. The van der Waals surface area contributed by atoms with Crippen molar-refractivity contribution in [3.63, 3.8) is 0 Å². The van der Waals surface area contributed by atoms with Crippen molar-refractivity contribution < 1.29 is 12.8 Å². The highest BCUT2D eigenvalue weighted by molar-refractivity contribution is 7.89. The van der Waals surface area contributed by atoms with Crippen LogP contribution in [0.15, 0.2) is 35.7 Å². The Bertz CT molecular complexity index is 608. The van der Waals surface area contributed by atoms with Gasteiger partial charge in [0.25, 0.3) is 0 Å². The number of rotatable bonds is 5. The molecule has 21 heavy (non-hydrogen) atoms. The molecule has 0 aliphatic heterocycles. The third-order valence-corrected chi connectivity index (χ3v) is 4.99. The fourth-order valence-corrected chi connectivity index (χ4v) is 3.99. The second-order valence-corrected chi connectivity index (χ2v) is 13.1. The van der Waals surface area contributed by atoms with Crippen molar-refractivity contribution in [2.75, 3.05) is 0 Å². The zero-order valence-corrected chi connectivity index (χ0v) is 15.5. The molecule has 0 saturated carbocycles. The van der Waals surface area contributed by atoms with E-state index in [0.29, 0.717) is 5.76 Å². The van der Waals surface area contributed by atoms with Gasteiger partial charge >= 0.3 is 0 Å². The molecule has 0 aliphatic carbocycles. The van der Waals surface area contributed by atoms with Crippen molar-refractivity contribution in [2.24, 2.45) is 0 Å². The molecular weight excluding hydrogens is 302 g/mol. The fraction of sp³-hybridized carbons (Fsp3) is 0.467. The summed E-state index contributed by atoms with van der Waals surface area (Å²) in [5, 5.41) is 0. The van der Waals surface area contributed by atoms with Gasteiger partial charge in [-0.3, -0.25) is 0 Å². The van der Waals surface area contributed by atoms with Gasteiger partial charge in [-0.2, -0.15) is 0 Å². The molecule has 0 aliphatic rings. The van der Waals surface area contributed by atoms with Gasteiger partial charge in [0.2, 0.25) is 18.3 Å². The third-order valence-electron chi connectivity index (χ3n) is 2.36. The first-order valence-corrected chi connectivity index (χ1v) is 11.7. The topological polar surface area (TPSA) is 55.4 Å². The van der Waals surface area contributed by atoms with Crippen LogP contribution in [0, 0.1) is 0 Å². The molecule has 118 valence electrons. The largest absolute Gasteiger partial charge is 0.544 e. The van der Waals surface area contributed by atoms with E-state index >= 15 is 0 Å². The van der Waals surface area contributed by atoms with Crippen LogP contribution in [0.5, 0.6) is 0 Å². The maximum atomic E-state index is 12.2. The third kappa shape index (κ3) is 6.03. The number of hydrogen-bond donors (Lipinski definition) is 1. The molecule has 0 radical (unpaired) electrons. The molecule has 1 rings (SSSR count). The van der Waals surface area contributed by atoms with E-state index in [1.807, 2.05) is 20.8 Å². The molecule has 6 heteroatoms. The van der Waals surface area contributed by atoms with Gasteiger partial charge in [-0.25, -0.2) is 13.1 Å². The smallest absolute Gasteiger partial charge is 0.242 e. The monoisotopic (exact) mass is 327 g/mol. The van der Waals surface area contributed by atoms with E-state index in [9.17, 15) is 8.42 Å². The molecule has 0 bridgehead atoms. The Balaban J connectivity index is 2.96. The first kappa shape index (κ1) is 17.9. The predicted molar refractivity (Wildman–Crippen MR) is 90.0 cm³/mol. The van der Waals surface area contributed by atoms with Crippen LogP contribution in [0.25, 0.3) is 5.76 Å². The molecule has 0 unspecified atom stereocenters. The minimum atomic E-state index is -3.51. The highest BCUT2D eigenvalue weighted by Crippen LogP contribution is 2.21. The van der Waals surface area contributed by atoms with Gasteiger partial charge in [0.1, 0.15) is 5.76 Å². The first-order valence-electron chi connectivity index (χ1n) is 6.82. The normalized spacial score (nSPS) is 13.0. The number of hydrogen-bond acceptors (Lipinski definition) is 3. The van der Waals surface area contributed by atoms with Gasteiger partial charge in [0, 0.05) is 11.1 Å². The zero-order valence-electron chi connectivity index (χ0n) is 13.6. The molecule has 0 fully saturated rings. The van der Waals surface area contributed by atoms with E-state index in [1.54, 1.807) is 24.3 Å². The fourth-order valence-electron chi connectivity index (χ4n) is 1.71. The second-order valence-electron chi connectivity index (χ2n) is 7.02. The lowest BCUT2D eigenvalue weighted by molar-refractivity contribution is 0.491. The van der Waals surface area contributed by atoms with Gasteiger partial charge in [0.15, 0.2) is 0 Å². The van der Waals surface area contributed by atoms with Crippen LogP contribution in [0.3, 0.4) is 0 Å². The molecule has 1 aromatic carbocycles. The van der Waals surface area contributed by atoms with Gasteiger partial charge in [-0.05, 0) is 64.7 Å². The number of sulfonamides is 1. The van der Waals surface area contributed by atoms with Crippen LogP contribution in [-0.2, 0) is 14.4 Å². The summed E-state index contributed by atoms with van der Waals surface area (Å²) >= 11 is 0. The van der Waals surface area contributed by atoms with Crippen LogP contribution in [0.2, 0.25) is 19.6 Å². The average Bonchev–Trinajstić information content (AvgIpc) is 2.23. The van der Waals surface area contributed by atoms with E-state index in [2.05, 4.69) is 30.9 Å². The zero-order chi connectivity index (χ0) is 16.5. The lowest BCUT2D eigenvalue weighted by Crippen LogP contribution is -2.40. The maximum absolute atomic E-state index is 12.2. The predicted octanol–water partition coefficient (Wildman–Crippen LogP) is 3.59. The summed E-state index contributed by atoms with van der Waals surface area (Å²) in [6.07, 6.45) is 0. The number of benzene rings is 1. The summed E-state index contributed by atoms with van der Waals surface area (Å²) in [6.45, 7) is 15.6. The van der Waals surface area contributed by atoms with E-state index in [1.165, 1.54) is 0 Å². The second kappa shape index (κ2) is 5.94. The Morgan fingerprint density at radius 1 is 1.14 bits per heavy atom. The summed E-state index contributed by atoms with van der Waals surface area (Å²) < 4.78 is 32.8. The molecule has 0 aromatic heterocycles. The summed E-state index contributed by atoms with van der Waals surface area (Å²) in [7, 11) is -5.22. The first-order chi connectivity index (χ1) is 9.30. The van der Waals surface area contributed by atoms with Gasteiger partial charge in [-0.1, -0.05) is 6.58 Å². The SMILES string of the molecule is C=C(O[Si](C)(C)C)c1ccc(S(=O)(=O)NC(C)(C)C)cc1. The molecule has 1 aromatic rings.